The lowest BCUT2D eigenvalue weighted by Crippen LogP contribution is -2.38. The van der Waals surface area contributed by atoms with E-state index in [1.807, 2.05) is 6.92 Å². The minimum Gasteiger partial charge on any atom is -0.300 e. The number of nitrogens with zero attached hydrogens (tertiary/aromatic N) is 1. The van der Waals surface area contributed by atoms with Crippen LogP contribution in [0.1, 0.15) is 26.7 Å². The Balaban J connectivity index is 2.40. The maximum absolute atomic E-state index is 11.2. The van der Waals surface area contributed by atoms with Gasteiger partial charge in [0.1, 0.15) is 5.78 Å². The van der Waals surface area contributed by atoms with Crippen molar-refractivity contribution in [1.82, 2.24) is 4.90 Å². The summed E-state index contributed by atoms with van der Waals surface area (Å²) in [5.41, 5.74) is 0. The average molecular weight is 179 g/mol. The van der Waals surface area contributed by atoms with Crippen molar-refractivity contribution in [2.24, 2.45) is 5.92 Å². The van der Waals surface area contributed by atoms with Gasteiger partial charge in [0, 0.05) is 12.5 Å². The van der Waals surface area contributed by atoms with Gasteiger partial charge in [-0.05, 0) is 33.2 Å². The number of hydrogen-bond donors (Lipinski definition) is 0. The third kappa shape index (κ3) is 3.20. The van der Waals surface area contributed by atoms with Crippen molar-refractivity contribution in [3.63, 3.8) is 0 Å². The summed E-state index contributed by atoms with van der Waals surface area (Å²) in [5.74, 6) is 6.51. The molecule has 1 saturated heterocycles. The number of rotatable bonds is 2. The Morgan fingerprint density at radius 2 is 2.38 bits per heavy atom. The molecule has 1 heterocycles. The van der Waals surface area contributed by atoms with Crippen molar-refractivity contribution < 1.29 is 4.79 Å². The molecule has 2 heteroatoms. The average Bonchev–Trinajstić information content (AvgIpc) is 2.15. The second-order valence-corrected chi connectivity index (χ2v) is 3.61. The Labute approximate surface area is 80.3 Å². The van der Waals surface area contributed by atoms with Gasteiger partial charge in [0.15, 0.2) is 0 Å². The van der Waals surface area contributed by atoms with Gasteiger partial charge in [-0.25, -0.2) is 0 Å². The van der Waals surface area contributed by atoms with E-state index in [4.69, 9.17) is 0 Å². The van der Waals surface area contributed by atoms with Crippen molar-refractivity contribution in [1.29, 1.82) is 0 Å². The molecule has 1 atom stereocenters. The van der Waals surface area contributed by atoms with Crippen LogP contribution in [0.25, 0.3) is 0 Å². The van der Waals surface area contributed by atoms with Crippen LogP contribution in [0.3, 0.4) is 0 Å². The van der Waals surface area contributed by atoms with Crippen LogP contribution < -0.4 is 0 Å². The normalized spacial score (nSPS) is 23.4. The Hall–Kier alpha value is -0.810. The lowest BCUT2D eigenvalue weighted by atomic mass is 9.95. The van der Waals surface area contributed by atoms with E-state index in [-0.39, 0.29) is 5.92 Å². The van der Waals surface area contributed by atoms with E-state index in [1.54, 1.807) is 6.92 Å². The summed E-state index contributed by atoms with van der Waals surface area (Å²) < 4.78 is 0. The van der Waals surface area contributed by atoms with E-state index in [9.17, 15) is 4.79 Å². The molecule has 0 aliphatic carbocycles. The molecular formula is C11H17NO. The monoisotopic (exact) mass is 179 g/mol. The predicted molar refractivity (Wildman–Crippen MR) is 53.3 cm³/mol. The fraction of sp³-hybridized carbons (Fsp3) is 0.727. The molecule has 72 valence electrons. The number of carbonyl (C=O) groups excluding carboxylic acids is 1. The standard InChI is InChI=1S/C11H17NO/c1-3-4-7-12-8-5-6-11(9-12)10(2)13/h11H,5-9H2,1-2H3. The third-order valence-electron chi connectivity index (χ3n) is 2.56. The lowest BCUT2D eigenvalue weighted by Gasteiger charge is -2.29. The highest BCUT2D eigenvalue weighted by molar-refractivity contribution is 5.78. The number of hydrogen-bond acceptors (Lipinski definition) is 2. The van der Waals surface area contributed by atoms with Gasteiger partial charge >= 0.3 is 0 Å². The van der Waals surface area contributed by atoms with Gasteiger partial charge in [-0.3, -0.25) is 9.69 Å². The van der Waals surface area contributed by atoms with Gasteiger partial charge in [0.2, 0.25) is 0 Å². The number of likely N-dealkylation sites (tertiary alicyclic amines) is 1. The van der Waals surface area contributed by atoms with Crippen molar-refractivity contribution in [3.05, 3.63) is 0 Å². The van der Waals surface area contributed by atoms with Crippen LogP contribution in [0.5, 0.6) is 0 Å². The molecule has 0 spiro atoms. The summed E-state index contributed by atoms with van der Waals surface area (Å²) in [6, 6.07) is 0. The zero-order chi connectivity index (χ0) is 9.68. The van der Waals surface area contributed by atoms with E-state index in [1.165, 1.54) is 0 Å². The first-order valence-corrected chi connectivity index (χ1v) is 4.86. The van der Waals surface area contributed by atoms with Gasteiger partial charge in [-0.1, -0.05) is 5.92 Å². The summed E-state index contributed by atoms with van der Waals surface area (Å²) >= 11 is 0. The van der Waals surface area contributed by atoms with Crippen molar-refractivity contribution in [2.45, 2.75) is 26.7 Å². The van der Waals surface area contributed by atoms with Crippen LogP contribution >= 0.6 is 0 Å². The first-order valence-electron chi connectivity index (χ1n) is 4.86. The molecule has 1 aliphatic rings. The summed E-state index contributed by atoms with van der Waals surface area (Å²) in [5, 5.41) is 0. The maximum atomic E-state index is 11.2. The molecule has 0 amide bonds. The molecule has 0 saturated carbocycles. The first-order chi connectivity index (χ1) is 6.24. The van der Waals surface area contributed by atoms with Crippen LogP contribution in [0.4, 0.5) is 0 Å². The number of piperidine rings is 1. The zero-order valence-corrected chi connectivity index (χ0v) is 8.47. The highest BCUT2D eigenvalue weighted by atomic mass is 16.1. The van der Waals surface area contributed by atoms with Crippen LogP contribution in [0.15, 0.2) is 0 Å². The third-order valence-corrected chi connectivity index (χ3v) is 2.56. The molecular weight excluding hydrogens is 162 g/mol. The molecule has 0 bridgehead atoms. The first kappa shape index (κ1) is 10.3. The Kier molecular flexibility index (Phi) is 3.98. The highest BCUT2D eigenvalue weighted by Crippen LogP contribution is 2.16. The van der Waals surface area contributed by atoms with Gasteiger partial charge in [-0.2, -0.15) is 0 Å². The fourth-order valence-corrected chi connectivity index (χ4v) is 1.72. The molecule has 0 aromatic carbocycles. The van der Waals surface area contributed by atoms with E-state index >= 15 is 0 Å². The smallest absolute Gasteiger partial charge is 0.134 e. The van der Waals surface area contributed by atoms with Crippen LogP contribution in [-0.2, 0) is 4.79 Å². The van der Waals surface area contributed by atoms with Gasteiger partial charge in [-0.15, -0.1) is 5.92 Å². The minimum atomic E-state index is 0.257. The second kappa shape index (κ2) is 5.04. The SMILES string of the molecule is CC#CCN1CCCC(C(C)=O)C1. The number of Topliss-reactive ketones (excluding diaryl/α,β-unsaturated/α-hetero) is 1. The molecule has 0 aromatic heterocycles. The van der Waals surface area contributed by atoms with Gasteiger partial charge < -0.3 is 0 Å². The summed E-state index contributed by atoms with van der Waals surface area (Å²) in [4.78, 5) is 13.4. The van der Waals surface area contributed by atoms with Crippen molar-refractivity contribution in [3.8, 4) is 11.8 Å². The maximum Gasteiger partial charge on any atom is 0.134 e. The zero-order valence-electron chi connectivity index (χ0n) is 8.47. The quantitative estimate of drug-likeness (QED) is 0.596. The Morgan fingerprint density at radius 3 is 3.00 bits per heavy atom. The lowest BCUT2D eigenvalue weighted by molar-refractivity contribution is -0.122. The topological polar surface area (TPSA) is 20.3 Å². The molecule has 0 N–H and O–H groups in total. The van der Waals surface area contributed by atoms with Crippen LogP contribution in [0, 0.1) is 17.8 Å². The van der Waals surface area contributed by atoms with Crippen LogP contribution in [-0.4, -0.2) is 30.3 Å². The van der Waals surface area contributed by atoms with Crippen LogP contribution in [0.2, 0.25) is 0 Å². The fourth-order valence-electron chi connectivity index (χ4n) is 1.72. The molecule has 1 rings (SSSR count). The molecule has 1 unspecified atom stereocenters. The minimum absolute atomic E-state index is 0.257. The number of ketones is 1. The molecule has 13 heavy (non-hydrogen) atoms. The van der Waals surface area contributed by atoms with Crippen molar-refractivity contribution >= 4 is 5.78 Å². The van der Waals surface area contributed by atoms with E-state index in [2.05, 4.69) is 16.7 Å². The summed E-state index contributed by atoms with van der Waals surface area (Å²) in [6.45, 7) is 6.37. The Bertz CT molecular complexity index is 236. The van der Waals surface area contributed by atoms with E-state index in [0.717, 1.165) is 32.5 Å². The molecule has 0 radical (unpaired) electrons. The molecule has 0 aromatic rings. The second-order valence-electron chi connectivity index (χ2n) is 3.61. The van der Waals surface area contributed by atoms with E-state index < -0.39 is 0 Å². The van der Waals surface area contributed by atoms with Gasteiger partial charge in [0.25, 0.3) is 0 Å². The van der Waals surface area contributed by atoms with Gasteiger partial charge in [0.05, 0.1) is 6.54 Å². The highest BCUT2D eigenvalue weighted by Gasteiger charge is 2.21. The largest absolute Gasteiger partial charge is 0.300 e. The Morgan fingerprint density at radius 1 is 1.62 bits per heavy atom. The molecule has 2 nitrogen and oxygen atoms in total. The van der Waals surface area contributed by atoms with E-state index in [0.29, 0.717) is 5.78 Å². The molecule has 1 aliphatic heterocycles. The van der Waals surface area contributed by atoms with Crippen molar-refractivity contribution in [2.75, 3.05) is 19.6 Å². The predicted octanol–water partition coefficient (Wildman–Crippen LogP) is 1.31. The summed E-state index contributed by atoms with van der Waals surface area (Å²) in [6.07, 6.45) is 2.20. The summed E-state index contributed by atoms with van der Waals surface area (Å²) in [7, 11) is 0. The molecule has 1 fully saturated rings. The number of carbonyl (C=O) groups is 1.